The highest BCUT2D eigenvalue weighted by molar-refractivity contribution is 8.01. The first-order valence-corrected chi connectivity index (χ1v) is 4.51. The summed E-state index contributed by atoms with van der Waals surface area (Å²) in [5, 5.41) is 3.60. The number of hydrogen-bond donors (Lipinski definition) is 1. The van der Waals surface area contributed by atoms with Crippen LogP contribution in [-0.2, 0) is 4.79 Å². The number of amides is 1. The molecule has 2 nitrogen and oxygen atoms in total. The topological polar surface area (TPSA) is 29.1 Å². The molecule has 58 valence electrons. The van der Waals surface area contributed by atoms with Gasteiger partial charge in [-0.3, -0.25) is 4.79 Å². The van der Waals surface area contributed by atoms with Gasteiger partial charge in [0.2, 0.25) is 5.91 Å². The van der Waals surface area contributed by atoms with Gasteiger partial charge >= 0.3 is 0 Å². The lowest BCUT2D eigenvalue weighted by Gasteiger charge is -2.29. The average Bonchev–Trinajstić information content (AvgIpc) is 1.84. The highest BCUT2D eigenvalue weighted by Crippen LogP contribution is 2.24. The first kappa shape index (κ1) is 7.92. The molecule has 1 fully saturated rings. The third-order valence-electron chi connectivity index (χ3n) is 1.86. The summed E-state index contributed by atoms with van der Waals surface area (Å²) in [5.74, 6) is 0.176. The van der Waals surface area contributed by atoms with Crippen molar-refractivity contribution in [3.63, 3.8) is 0 Å². The standard InChI is InChI=1S/C7H13NOS/c1-4-5(2)10-6(3)7(9)8-4/h4-6H,1-3H3,(H,8,9). The SMILES string of the molecule is CC1SC(C)C(C)NC1=O. The number of rotatable bonds is 0. The molecule has 3 atom stereocenters. The van der Waals surface area contributed by atoms with Crippen LogP contribution in [0.1, 0.15) is 20.8 Å². The molecule has 0 aliphatic carbocycles. The van der Waals surface area contributed by atoms with Crippen LogP contribution in [0.2, 0.25) is 0 Å². The Hall–Kier alpha value is -0.180. The third-order valence-corrected chi connectivity index (χ3v) is 3.32. The van der Waals surface area contributed by atoms with Gasteiger partial charge in [0.1, 0.15) is 0 Å². The predicted octanol–water partition coefficient (Wildman–Crippen LogP) is 1.01. The van der Waals surface area contributed by atoms with Gasteiger partial charge in [-0.2, -0.15) is 0 Å². The molecule has 1 aliphatic heterocycles. The van der Waals surface area contributed by atoms with E-state index in [0.29, 0.717) is 11.3 Å². The molecule has 0 radical (unpaired) electrons. The molecule has 0 saturated carbocycles. The van der Waals surface area contributed by atoms with E-state index in [2.05, 4.69) is 12.2 Å². The predicted molar refractivity (Wildman–Crippen MR) is 44.1 cm³/mol. The summed E-state index contributed by atoms with van der Waals surface area (Å²) < 4.78 is 0. The van der Waals surface area contributed by atoms with Crippen molar-refractivity contribution in [3.05, 3.63) is 0 Å². The van der Waals surface area contributed by atoms with Crippen molar-refractivity contribution >= 4 is 17.7 Å². The summed E-state index contributed by atoms with van der Waals surface area (Å²) in [6.45, 7) is 6.13. The minimum Gasteiger partial charge on any atom is -0.352 e. The van der Waals surface area contributed by atoms with Crippen LogP contribution in [0.3, 0.4) is 0 Å². The first-order valence-electron chi connectivity index (χ1n) is 3.57. The summed E-state index contributed by atoms with van der Waals surface area (Å²) in [6.07, 6.45) is 0. The highest BCUT2D eigenvalue weighted by Gasteiger charge is 2.27. The van der Waals surface area contributed by atoms with Crippen molar-refractivity contribution in [2.24, 2.45) is 0 Å². The second-order valence-corrected chi connectivity index (χ2v) is 4.50. The second kappa shape index (κ2) is 2.82. The van der Waals surface area contributed by atoms with Gasteiger partial charge < -0.3 is 5.32 Å². The molecule has 0 aromatic rings. The van der Waals surface area contributed by atoms with Gasteiger partial charge in [-0.25, -0.2) is 0 Å². The molecule has 1 saturated heterocycles. The zero-order valence-corrected chi connectivity index (χ0v) is 7.37. The van der Waals surface area contributed by atoms with Crippen LogP contribution in [0.4, 0.5) is 0 Å². The van der Waals surface area contributed by atoms with Crippen LogP contribution < -0.4 is 5.32 Å². The Bertz CT molecular complexity index is 149. The van der Waals surface area contributed by atoms with Gasteiger partial charge in [0.25, 0.3) is 0 Å². The summed E-state index contributed by atoms with van der Waals surface area (Å²) in [4.78, 5) is 11.0. The van der Waals surface area contributed by atoms with Gasteiger partial charge in [-0.15, -0.1) is 11.8 Å². The Morgan fingerprint density at radius 1 is 1.40 bits per heavy atom. The van der Waals surface area contributed by atoms with Crippen molar-refractivity contribution in [2.75, 3.05) is 0 Å². The van der Waals surface area contributed by atoms with Crippen molar-refractivity contribution in [3.8, 4) is 0 Å². The van der Waals surface area contributed by atoms with E-state index in [0.717, 1.165) is 0 Å². The fourth-order valence-electron chi connectivity index (χ4n) is 0.961. The molecule has 0 bridgehead atoms. The molecule has 0 spiro atoms. The maximum atomic E-state index is 11.0. The number of carbonyl (C=O) groups is 1. The van der Waals surface area contributed by atoms with Crippen LogP contribution in [0.15, 0.2) is 0 Å². The minimum absolute atomic E-state index is 0.131. The van der Waals surface area contributed by atoms with E-state index in [-0.39, 0.29) is 11.2 Å². The molecule has 10 heavy (non-hydrogen) atoms. The van der Waals surface area contributed by atoms with Crippen molar-refractivity contribution in [2.45, 2.75) is 37.3 Å². The van der Waals surface area contributed by atoms with Crippen LogP contribution >= 0.6 is 11.8 Å². The van der Waals surface area contributed by atoms with Crippen LogP contribution in [0.25, 0.3) is 0 Å². The van der Waals surface area contributed by atoms with Gasteiger partial charge in [-0.1, -0.05) is 6.92 Å². The summed E-state index contributed by atoms with van der Waals surface area (Å²) in [6, 6.07) is 0.327. The molecular formula is C7H13NOS. The van der Waals surface area contributed by atoms with Crippen molar-refractivity contribution < 1.29 is 4.79 Å². The molecular weight excluding hydrogens is 146 g/mol. The highest BCUT2D eigenvalue weighted by atomic mass is 32.2. The molecule has 1 amide bonds. The largest absolute Gasteiger partial charge is 0.352 e. The smallest absolute Gasteiger partial charge is 0.233 e. The normalized spacial score (nSPS) is 41.1. The van der Waals surface area contributed by atoms with E-state index >= 15 is 0 Å². The fraction of sp³-hybridized carbons (Fsp3) is 0.857. The van der Waals surface area contributed by atoms with Gasteiger partial charge in [0.05, 0.1) is 5.25 Å². The minimum atomic E-state index is 0.131. The third kappa shape index (κ3) is 1.45. The zero-order valence-electron chi connectivity index (χ0n) is 6.55. The van der Waals surface area contributed by atoms with E-state index in [1.807, 2.05) is 13.8 Å². The monoisotopic (exact) mass is 159 g/mol. The molecule has 1 rings (SSSR count). The number of hydrogen-bond acceptors (Lipinski definition) is 2. The summed E-state index contributed by atoms with van der Waals surface area (Å²) in [5.41, 5.74) is 0. The maximum Gasteiger partial charge on any atom is 0.233 e. The lowest BCUT2D eigenvalue weighted by molar-refractivity contribution is -0.121. The molecule has 1 aliphatic rings. The zero-order chi connectivity index (χ0) is 7.72. The van der Waals surface area contributed by atoms with E-state index < -0.39 is 0 Å². The van der Waals surface area contributed by atoms with Crippen molar-refractivity contribution in [1.82, 2.24) is 5.32 Å². The number of thioether (sulfide) groups is 1. The van der Waals surface area contributed by atoms with E-state index in [1.165, 1.54) is 0 Å². The van der Waals surface area contributed by atoms with E-state index in [1.54, 1.807) is 11.8 Å². The Morgan fingerprint density at radius 3 is 2.50 bits per heavy atom. The van der Waals surface area contributed by atoms with Crippen LogP contribution in [0.5, 0.6) is 0 Å². The number of carbonyl (C=O) groups excluding carboxylic acids is 1. The quantitative estimate of drug-likeness (QED) is 0.571. The Labute approximate surface area is 65.8 Å². The Balaban J connectivity index is 2.54. The van der Waals surface area contributed by atoms with Gasteiger partial charge in [0.15, 0.2) is 0 Å². The van der Waals surface area contributed by atoms with Crippen LogP contribution in [-0.4, -0.2) is 22.4 Å². The Morgan fingerprint density at radius 2 is 2.00 bits per heavy atom. The van der Waals surface area contributed by atoms with E-state index in [9.17, 15) is 4.79 Å². The second-order valence-electron chi connectivity index (χ2n) is 2.78. The summed E-state index contributed by atoms with van der Waals surface area (Å²) in [7, 11) is 0. The van der Waals surface area contributed by atoms with Crippen molar-refractivity contribution in [1.29, 1.82) is 0 Å². The average molecular weight is 159 g/mol. The lowest BCUT2D eigenvalue weighted by atomic mass is 10.2. The Kier molecular flexibility index (Phi) is 2.24. The molecule has 0 aromatic carbocycles. The lowest BCUT2D eigenvalue weighted by Crippen LogP contribution is -2.47. The first-order chi connectivity index (χ1) is 4.61. The van der Waals surface area contributed by atoms with Gasteiger partial charge in [0, 0.05) is 11.3 Å². The molecule has 0 aromatic heterocycles. The molecule has 1 heterocycles. The number of nitrogens with one attached hydrogen (secondary N) is 1. The van der Waals surface area contributed by atoms with Crippen LogP contribution in [0, 0.1) is 0 Å². The fourth-order valence-corrected chi connectivity index (χ4v) is 2.10. The van der Waals surface area contributed by atoms with Gasteiger partial charge in [-0.05, 0) is 13.8 Å². The molecule has 3 unspecified atom stereocenters. The molecule has 3 heteroatoms. The summed E-state index contributed by atoms with van der Waals surface area (Å²) >= 11 is 1.75. The molecule has 1 N–H and O–H groups in total. The van der Waals surface area contributed by atoms with E-state index in [4.69, 9.17) is 0 Å². The maximum absolute atomic E-state index is 11.0.